The summed E-state index contributed by atoms with van der Waals surface area (Å²) in [7, 11) is 0. The van der Waals surface area contributed by atoms with E-state index in [1.807, 2.05) is 36.4 Å². The molecule has 2 aromatic carbocycles. The number of thioether (sulfide) groups is 1. The Bertz CT molecular complexity index is 1380. The van der Waals surface area contributed by atoms with Gasteiger partial charge in [0, 0.05) is 35.0 Å². The number of carbonyl (C=O) groups is 1. The molecule has 172 valence electrons. The van der Waals surface area contributed by atoms with Gasteiger partial charge >= 0.3 is 0 Å². The molecule has 0 saturated carbocycles. The minimum atomic E-state index is -0.566. The predicted octanol–water partition coefficient (Wildman–Crippen LogP) is 3.64. The van der Waals surface area contributed by atoms with Crippen LogP contribution in [0.1, 0.15) is 39.6 Å². The fraction of sp³-hybridized carbons (Fsp3) is 0.231. The van der Waals surface area contributed by atoms with Crippen molar-refractivity contribution in [1.82, 2.24) is 9.58 Å². The Morgan fingerprint density at radius 1 is 1.03 bits per heavy atom. The molecule has 4 heterocycles. The lowest BCUT2D eigenvalue weighted by Gasteiger charge is -2.44. The van der Waals surface area contributed by atoms with Gasteiger partial charge in [0.25, 0.3) is 5.91 Å². The van der Waals surface area contributed by atoms with Crippen molar-refractivity contribution in [3.8, 4) is 11.5 Å². The van der Waals surface area contributed by atoms with Crippen molar-refractivity contribution >= 4 is 17.7 Å². The standard InChI is InChI=1S/C26H23N3O4S/c30-19-11-13-28-24(25(19)31)26(32)27-12-4-1-5-14-33-20-9-6-7-17-15-34-21-10-3-2-8-18(21)23(22(17)20)29(28)16-27/h1-3,5-11,13,23,31H,4,12,14-16H2/b5-1-/t23-/m1/s1. The smallest absolute Gasteiger partial charge is 0.277 e. The fourth-order valence-electron chi connectivity index (χ4n) is 4.93. The second-order valence-electron chi connectivity index (χ2n) is 8.50. The molecule has 0 aliphatic carbocycles. The molecule has 3 aromatic rings. The number of hydrogen-bond donors (Lipinski definition) is 1. The van der Waals surface area contributed by atoms with Crippen molar-refractivity contribution in [2.45, 2.75) is 23.1 Å². The van der Waals surface area contributed by atoms with E-state index in [1.165, 1.54) is 6.07 Å². The lowest BCUT2D eigenvalue weighted by atomic mass is 9.93. The minimum absolute atomic E-state index is 0.00544. The van der Waals surface area contributed by atoms with Crippen LogP contribution >= 0.6 is 11.8 Å². The molecule has 3 aliphatic heterocycles. The zero-order chi connectivity index (χ0) is 23.2. The zero-order valence-electron chi connectivity index (χ0n) is 18.4. The van der Waals surface area contributed by atoms with Crippen molar-refractivity contribution in [3.63, 3.8) is 0 Å². The molecule has 1 aromatic heterocycles. The Balaban J connectivity index is 1.67. The Hall–Kier alpha value is -3.65. The highest BCUT2D eigenvalue weighted by molar-refractivity contribution is 7.98. The normalized spacial score (nSPS) is 20.0. The van der Waals surface area contributed by atoms with Crippen molar-refractivity contribution in [3.05, 3.63) is 99.5 Å². The molecule has 2 bridgehead atoms. The SMILES string of the molecule is O=C1c2c(O)c(=O)ccn2N2CN1CC/C=C\COc1cccc3c1[C@H]2c1ccccc1SC3. The molecule has 7 nitrogen and oxygen atoms in total. The summed E-state index contributed by atoms with van der Waals surface area (Å²) in [5, 5.41) is 12.7. The van der Waals surface area contributed by atoms with Crippen LogP contribution in [0.3, 0.4) is 0 Å². The van der Waals surface area contributed by atoms with Gasteiger partial charge in [0.1, 0.15) is 25.1 Å². The highest BCUT2D eigenvalue weighted by atomic mass is 32.2. The first kappa shape index (κ1) is 20.9. The Kier molecular flexibility index (Phi) is 5.10. The molecular weight excluding hydrogens is 450 g/mol. The summed E-state index contributed by atoms with van der Waals surface area (Å²) in [5.41, 5.74) is 2.71. The van der Waals surface area contributed by atoms with Gasteiger partial charge in [0.05, 0.1) is 0 Å². The van der Waals surface area contributed by atoms with Crippen LogP contribution in [0.5, 0.6) is 11.5 Å². The number of carbonyl (C=O) groups excluding carboxylic acids is 1. The molecule has 1 atom stereocenters. The number of fused-ring (bicyclic) bond motifs is 7. The zero-order valence-corrected chi connectivity index (χ0v) is 19.2. The van der Waals surface area contributed by atoms with Gasteiger partial charge in [-0.1, -0.05) is 42.5 Å². The van der Waals surface area contributed by atoms with E-state index in [4.69, 9.17) is 4.74 Å². The Morgan fingerprint density at radius 3 is 2.82 bits per heavy atom. The van der Waals surface area contributed by atoms with Gasteiger partial charge in [0.15, 0.2) is 11.4 Å². The van der Waals surface area contributed by atoms with Crippen LogP contribution in [-0.4, -0.2) is 40.4 Å². The minimum Gasteiger partial charge on any atom is -0.502 e. The number of aromatic nitrogens is 1. The van der Waals surface area contributed by atoms with E-state index in [0.29, 0.717) is 26.2 Å². The van der Waals surface area contributed by atoms with Crippen LogP contribution < -0.4 is 15.2 Å². The first-order valence-electron chi connectivity index (χ1n) is 11.3. The topological polar surface area (TPSA) is 75.0 Å². The van der Waals surface area contributed by atoms with E-state index >= 15 is 0 Å². The number of nitrogens with zero attached hydrogens (tertiary/aromatic N) is 3. The van der Waals surface area contributed by atoms with Gasteiger partial charge in [-0.2, -0.15) is 0 Å². The average Bonchev–Trinajstić information content (AvgIpc) is 3.01. The molecule has 34 heavy (non-hydrogen) atoms. The van der Waals surface area contributed by atoms with Crippen molar-refractivity contribution < 1.29 is 14.6 Å². The average molecular weight is 474 g/mol. The molecule has 3 aliphatic rings. The molecule has 6 rings (SSSR count). The van der Waals surface area contributed by atoms with Crippen molar-refractivity contribution in [2.24, 2.45) is 0 Å². The second-order valence-corrected chi connectivity index (χ2v) is 9.52. The van der Waals surface area contributed by atoms with Crippen LogP contribution in [0.25, 0.3) is 0 Å². The summed E-state index contributed by atoms with van der Waals surface area (Å²) in [6, 6.07) is 15.4. The van der Waals surface area contributed by atoms with Crippen LogP contribution in [0.4, 0.5) is 0 Å². The molecular formula is C26H23N3O4S. The van der Waals surface area contributed by atoms with E-state index in [9.17, 15) is 14.7 Å². The largest absolute Gasteiger partial charge is 0.502 e. The summed E-state index contributed by atoms with van der Waals surface area (Å²) in [6.07, 6.45) is 6.19. The van der Waals surface area contributed by atoms with Crippen molar-refractivity contribution in [2.75, 3.05) is 24.8 Å². The highest BCUT2D eigenvalue weighted by Crippen LogP contribution is 2.46. The number of pyridine rings is 1. The fourth-order valence-corrected chi connectivity index (χ4v) is 6.01. The lowest BCUT2D eigenvalue weighted by molar-refractivity contribution is 0.0682. The van der Waals surface area contributed by atoms with E-state index in [1.54, 1.807) is 27.5 Å². The monoisotopic (exact) mass is 473 g/mol. The van der Waals surface area contributed by atoms with Gasteiger partial charge in [-0.05, 0) is 29.7 Å². The van der Waals surface area contributed by atoms with Crippen LogP contribution in [0.15, 0.2) is 76.6 Å². The van der Waals surface area contributed by atoms with Gasteiger partial charge in [-0.25, -0.2) is 0 Å². The van der Waals surface area contributed by atoms with E-state index < -0.39 is 11.2 Å². The summed E-state index contributed by atoms with van der Waals surface area (Å²) in [5.74, 6) is 0.707. The molecule has 0 unspecified atom stereocenters. The van der Waals surface area contributed by atoms with Gasteiger partial charge in [0.2, 0.25) is 5.43 Å². The third-order valence-corrected chi connectivity index (χ3v) is 7.67. The van der Waals surface area contributed by atoms with Crippen molar-refractivity contribution in [1.29, 1.82) is 0 Å². The maximum atomic E-state index is 13.4. The van der Waals surface area contributed by atoms with Gasteiger partial charge < -0.3 is 14.7 Å². The van der Waals surface area contributed by atoms with Gasteiger partial charge in [-0.3, -0.25) is 19.3 Å². The van der Waals surface area contributed by atoms with E-state index in [-0.39, 0.29) is 17.6 Å². The van der Waals surface area contributed by atoms with Crippen LogP contribution in [0.2, 0.25) is 0 Å². The molecule has 1 N–H and O–H groups in total. The summed E-state index contributed by atoms with van der Waals surface area (Å²) in [6.45, 7) is 1.21. The highest BCUT2D eigenvalue weighted by Gasteiger charge is 2.39. The Morgan fingerprint density at radius 2 is 1.91 bits per heavy atom. The number of ether oxygens (including phenoxy) is 1. The number of aromatic hydroxyl groups is 1. The maximum Gasteiger partial charge on any atom is 0.277 e. The third-order valence-electron chi connectivity index (χ3n) is 6.53. The first-order valence-corrected chi connectivity index (χ1v) is 12.2. The Labute approximate surface area is 200 Å². The van der Waals surface area contributed by atoms with Crippen LogP contribution in [0, 0.1) is 0 Å². The summed E-state index contributed by atoms with van der Waals surface area (Å²) >= 11 is 1.77. The molecule has 0 spiro atoms. The molecule has 0 radical (unpaired) electrons. The molecule has 0 saturated heterocycles. The number of benzene rings is 2. The van der Waals surface area contributed by atoms with E-state index in [2.05, 4.69) is 23.2 Å². The number of hydrogen-bond acceptors (Lipinski definition) is 6. The maximum absolute atomic E-state index is 13.4. The van der Waals surface area contributed by atoms with Gasteiger partial charge in [-0.15, -0.1) is 11.8 Å². The lowest BCUT2D eigenvalue weighted by Crippen LogP contribution is -2.55. The molecule has 1 amide bonds. The molecule has 0 fully saturated rings. The number of rotatable bonds is 0. The summed E-state index contributed by atoms with van der Waals surface area (Å²) in [4.78, 5) is 28.5. The van der Waals surface area contributed by atoms with E-state index in [0.717, 1.165) is 33.1 Å². The third kappa shape index (κ3) is 3.28. The summed E-state index contributed by atoms with van der Waals surface area (Å²) < 4.78 is 7.90. The quantitative estimate of drug-likeness (QED) is 0.503. The molecule has 8 heteroatoms. The predicted molar refractivity (Wildman–Crippen MR) is 130 cm³/mol. The number of amides is 1. The second kappa shape index (κ2) is 8.29. The first-order chi connectivity index (χ1) is 16.6. The van der Waals surface area contributed by atoms with Crippen LogP contribution in [-0.2, 0) is 5.75 Å².